The van der Waals surface area contributed by atoms with Crippen LogP contribution in [-0.4, -0.2) is 65.7 Å². The molecule has 0 aromatic carbocycles. The summed E-state index contributed by atoms with van der Waals surface area (Å²) in [6, 6.07) is 0.179. The van der Waals surface area contributed by atoms with Gasteiger partial charge in [0.1, 0.15) is 6.54 Å². The second kappa shape index (κ2) is 8.66. The fourth-order valence-electron chi connectivity index (χ4n) is 2.91. The van der Waals surface area contributed by atoms with Gasteiger partial charge in [0, 0.05) is 31.9 Å². The number of amides is 1. The fourth-order valence-corrected chi connectivity index (χ4v) is 2.91. The molecule has 9 heteroatoms. The smallest absolute Gasteiger partial charge is 0.379 e. The Hall–Kier alpha value is -1.61. The second-order valence-electron chi connectivity index (χ2n) is 6.68. The maximum absolute atomic E-state index is 12.4. The van der Waals surface area contributed by atoms with Crippen LogP contribution >= 0.6 is 0 Å². The lowest BCUT2D eigenvalue weighted by atomic mass is 10.0. The Kier molecular flexibility index (Phi) is 6.83. The first kappa shape index (κ1) is 19.7. The zero-order valence-corrected chi connectivity index (χ0v) is 14.6. The monoisotopic (exact) mass is 362 g/mol. The van der Waals surface area contributed by atoms with Crippen LogP contribution < -0.4 is 5.32 Å². The Morgan fingerprint density at radius 3 is 2.64 bits per heavy atom. The van der Waals surface area contributed by atoms with Gasteiger partial charge in [0.2, 0.25) is 0 Å². The molecule has 2 heterocycles. The Balaban J connectivity index is 1.91. The number of hydrogen-bond acceptors (Lipinski definition) is 4. The number of alkyl halides is 3. The van der Waals surface area contributed by atoms with Crippen LogP contribution in [0.4, 0.5) is 13.2 Å². The summed E-state index contributed by atoms with van der Waals surface area (Å²) in [5.41, 5.74) is 0.134. The third-order valence-corrected chi connectivity index (χ3v) is 4.04. The molecule has 0 aliphatic carbocycles. The molecule has 1 aliphatic rings. The van der Waals surface area contributed by atoms with Crippen LogP contribution in [0.3, 0.4) is 0 Å². The first-order valence-corrected chi connectivity index (χ1v) is 8.44. The number of carbonyl (C=O) groups is 1. The maximum Gasteiger partial charge on any atom is 0.408 e. The van der Waals surface area contributed by atoms with Crippen molar-refractivity contribution in [2.24, 2.45) is 5.92 Å². The standard InChI is InChI=1S/C16H25F3N4O2/c1-12(2)7-14(22-3-5-25-6-4-22)9-20-15(24)13-8-21-23(10-13)11-16(17,18)19/h8,10,12,14H,3-7,9,11H2,1-2H3,(H,20,24). The van der Waals surface area contributed by atoms with Crippen LogP contribution in [0, 0.1) is 5.92 Å². The van der Waals surface area contributed by atoms with E-state index in [4.69, 9.17) is 4.74 Å². The largest absolute Gasteiger partial charge is 0.408 e. The Labute approximate surface area is 145 Å². The summed E-state index contributed by atoms with van der Waals surface area (Å²) < 4.78 is 43.2. The summed E-state index contributed by atoms with van der Waals surface area (Å²) >= 11 is 0. The highest BCUT2D eigenvalue weighted by Crippen LogP contribution is 2.17. The fraction of sp³-hybridized carbons (Fsp3) is 0.750. The minimum Gasteiger partial charge on any atom is -0.379 e. The number of aromatic nitrogens is 2. The van der Waals surface area contributed by atoms with Crippen LogP contribution in [0.25, 0.3) is 0 Å². The average Bonchev–Trinajstić information content (AvgIpc) is 2.98. The van der Waals surface area contributed by atoms with E-state index in [2.05, 4.69) is 29.2 Å². The van der Waals surface area contributed by atoms with Gasteiger partial charge in [-0.1, -0.05) is 13.8 Å². The van der Waals surface area contributed by atoms with Crippen molar-refractivity contribution in [3.63, 3.8) is 0 Å². The summed E-state index contributed by atoms with van der Waals surface area (Å²) in [5.74, 6) is 0.0646. The highest BCUT2D eigenvalue weighted by molar-refractivity contribution is 5.93. The Morgan fingerprint density at radius 2 is 2.04 bits per heavy atom. The van der Waals surface area contributed by atoms with Crippen molar-refractivity contribution in [1.82, 2.24) is 20.0 Å². The van der Waals surface area contributed by atoms with Crippen molar-refractivity contribution in [1.29, 1.82) is 0 Å². The molecule has 1 N–H and O–H groups in total. The van der Waals surface area contributed by atoms with E-state index in [-0.39, 0.29) is 11.6 Å². The lowest BCUT2D eigenvalue weighted by Gasteiger charge is -2.35. The van der Waals surface area contributed by atoms with Crippen molar-refractivity contribution < 1.29 is 22.7 Å². The topological polar surface area (TPSA) is 59.4 Å². The highest BCUT2D eigenvalue weighted by atomic mass is 19.4. The quantitative estimate of drug-likeness (QED) is 0.805. The molecule has 2 rings (SSSR count). The van der Waals surface area contributed by atoms with E-state index in [0.29, 0.717) is 25.7 Å². The van der Waals surface area contributed by atoms with Crippen LogP contribution in [0.1, 0.15) is 30.6 Å². The van der Waals surface area contributed by atoms with E-state index < -0.39 is 18.6 Å². The lowest BCUT2D eigenvalue weighted by molar-refractivity contribution is -0.142. The molecule has 0 bridgehead atoms. The van der Waals surface area contributed by atoms with Crippen LogP contribution in [0.2, 0.25) is 0 Å². The number of ether oxygens (including phenoxy) is 1. The summed E-state index contributed by atoms with van der Waals surface area (Å²) in [6.45, 7) is 6.46. The molecule has 25 heavy (non-hydrogen) atoms. The molecule has 1 amide bonds. The third-order valence-electron chi connectivity index (χ3n) is 4.04. The predicted octanol–water partition coefficient (Wildman–Crippen LogP) is 1.92. The number of nitrogens with zero attached hydrogens (tertiary/aromatic N) is 3. The maximum atomic E-state index is 12.4. The molecule has 1 fully saturated rings. The number of nitrogens with one attached hydrogen (secondary N) is 1. The van der Waals surface area contributed by atoms with E-state index in [1.54, 1.807) is 0 Å². The number of carbonyl (C=O) groups excluding carboxylic acids is 1. The molecule has 6 nitrogen and oxygen atoms in total. The minimum atomic E-state index is -4.36. The lowest BCUT2D eigenvalue weighted by Crippen LogP contribution is -2.49. The first-order valence-electron chi connectivity index (χ1n) is 8.44. The number of rotatable bonds is 7. The van der Waals surface area contributed by atoms with Crippen LogP contribution in [-0.2, 0) is 11.3 Å². The summed E-state index contributed by atoms with van der Waals surface area (Å²) in [7, 11) is 0. The summed E-state index contributed by atoms with van der Waals surface area (Å²) in [6.07, 6.45) is -1.16. The molecular formula is C16H25F3N4O2. The van der Waals surface area contributed by atoms with Gasteiger partial charge >= 0.3 is 6.18 Å². The SMILES string of the molecule is CC(C)CC(CNC(=O)c1cnn(CC(F)(F)F)c1)N1CCOCC1. The van der Waals surface area contributed by atoms with E-state index in [1.165, 1.54) is 0 Å². The zero-order valence-electron chi connectivity index (χ0n) is 14.6. The number of hydrogen-bond donors (Lipinski definition) is 1. The Bertz CT molecular complexity index is 554. The average molecular weight is 362 g/mol. The molecule has 0 saturated carbocycles. The molecule has 0 radical (unpaired) electrons. The van der Waals surface area contributed by atoms with Crippen molar-refractivity contribution in [3.05, 3.63) is 18.0 Å². The summed E-state index contributed by atoms with van der Waals surface area (Å²) in [5, 5.41) is 6.42. The second-order valence-corrected chi connectivity index (χ2v) is 6.68. The van der Waals surface area contributed by atoms with Crippen molar-refractivity contribution >= 4 is 5.91 Å². The highest BCUT2D eigenvalue weighted by Gasteiger charge is 2.29. The molecule has 1 aromatic heterocycles. The molecule has 142 valence electrons. The molecule has 1 aromatic rings. The number of halogens is 3. The van der Waals surface area contributed by atoms with E-state index in [9.17, 15) is 18.0 Å². The molecular weight excluding hydrogens is 337 g/mol. The zero-order chi connectivity index (χ0) is 18.4. The molecule has 1 saturated heterocycles. The molecule has 0 spiro atoms. The Morgan fingerprint density at radius 1 is 1.36 bits per heavy atom. The van der Waals surface area contributed by atoms with Gasteiger partial charge in [-0.2, -0.15) is 18.3 Å². The predicted molar refractivity (Wildman–Crippen MR) is 86.3 cm³/mol. The minimum absolute atomic E-state index is 0.134. The van der Waals surface area contributed by atoms with Gasteiger partial charge in [0.25, 0.3) is 5.91 Å². The summed E-state index contributed by atoms with van der Waals surface area (Å²) in [4.78, 5) is 14.5. The van der Waals surface area contributed by atoms with Gasteiger partial charge in [-0.15, -0.1) is 0 Å². The third kappa shape index (κ3) is 6.66. The van der Waals surface area contributed by atoms with Crippen LogP contribution in [0.5, 0.6) is 0 Å². The van der Waals surface area contributed by atoms with E-state index in [1.807, 2.05) is 0 Å². The van der Waals surface area contributed by atoms with E-state index >= 15 is 0 Å². The first-order chi connectivity index (χ1) is 11.7. The van der Waals surface area contributed by atoms with Gasteiger partial charge in [-0.25, -0.2) is 0 Å². The van der Waals surface area contributed by atoms with Gasteiger partial charge in [0.05, 0.1) is 25.0 Å². The van der Waals surface area contributed by atoms with Gasteiger partial charge in [0.15, 0.2) is 0 Å². The van der Waals surface area contributed by atoms with E-state index in [0.717, 1.165) is 36.6 Å². The van der Waals surface area contributed by atoms with Gasteiger partial charge in [-0.3, -0.25) is 14.4 Å². The molecule has 1 unspecified atom stereocenters. The molecule has 1 atom stereocenters. The van der Waals surface area contributed by atoms with Crippen molar-refractivity contribution in [3.8, 4) is 0 Å². The van der Waals surface area contributed by atoms with Crippen molar-refractivity contribution in [2.45, 2.75) is 39.0 Å². The van der Waals surface area contributed by atoms with Gasteiger partial charge < -0.3 is 10.1 Å². The number of morpholine rings is 1. The molecule has 1 aliphatic heterocycles. The van der Waals surface area contributed by atoms with Gasteiger partial charge in [-0.05, 0) is 12.3 Å². The van der Waals surface area contributed by atoms with Crippen LogP contribution in [0.15, 0.2) is 12.4 Å². The normalized spacial score (nSPS) is 17.7. The van der Waals surface area contributed by atoms with Crippen molar-refractivity contribution in [2.75, 3.05) is 32.8 Å².